The van der Waals surface area contributed by atoms with Gasteiger partial charge >= 0.3 is 0 Å². The number of rotatable bonds is 5. The lowest BCUT2D eigenvalue weighted by Gasteiger charge is -2.25. The van der Waals surface area contributed by atoms with Crippen molar-refractivity contribution in [2.75, 3.05) is 13.1 Å². The molecule has 1 heterocycles. The monoisotopic (exact) mass is 327 g/mol. The molecule has 1 aromatic heterocycles. The van der Waals surface area contributed by atoms with Crippen LogP contribution in [0.4, 0.5) is 0 Å². The Morgan fingerprint density at radius 1 is 1.17 bits per heavy atom. The van der Waals surface area contributed by atoms with Crippen LogP contribution in [-0.4, -0.2) is 40.3 Å². The van der Waals surface area contributed by atoms with Crippen LogP contribution in [0.2, 0.25) is 0 Å². The number of carbonyl (C=O) groups excluding carboxylic acids is 2. The number of hydrogen-bond donors (Lipinski definition) is 1. The topological polar surface area (TPSA) is 62.3 Å². The van der Waals surface area contributed by atoms with Gasteiger partial charge < -0.3 is 10.2 Å². The molecule has 24 heavy (non-hydrogen) atoms. The third-order valence-corrected chi connectivity index (χ3v) is 3.64. The Balaban J connectivity index is 2.10. The third kappa shape index (κ3) is 4.78. The number of para-hydroxylation sites is 1. The van der Waals surface area contributed by atoms with Crippen molar-refractivity contribution in [1.82, 2.24) is 15.2 Å². The van der Waals surface area contributed by atoms with Gasteiger partial charge in [-0.25, -0.2) is 0 Å². The van der Waals surface area contributed by atoms with Crippen molar-refractivity contribution >= 4 is 22.7 Å². The molecule has 0 saturated heterocycles. The number of hydrogen-bond acceptors (Lipinski definition) is 3. The van der Waals surface area contributed by atoms with E-state index < -0.39 is 0 Å². The number of nitrogens with zero attached hydrogens (tertiary/aromatic N) is 2. The highest BCUT2D eigenvalue weighted by molar-refractivity contribution is 5.90. The van der Waals surface area contributed by atoms with Crippen molar-refractivity contribution in [2.24, 2.45) is 0 Å². The molecule has 0 bridgehead atoms. The van der Waals surface area contributed by atoms with Crippen molar-refractivity contribution < 1.29 is 9.59 Å². The fourth-order valence-corrected chi connectivity index (χ4v) is 2.59. The van der Waals surface area contributed by atoms with E-state index in [1.165, 1.54) is 0 Å². The van der Waals surface area contributed by atoms with Gasteiger partial charge in [0.05, 0.1) is 18.5 Å². The maximum atomic E-state index is 12.6. The van der Waals surface area contributed by atoms with Gasteiger partial charge in [-0.05, 0) is 39.3 Å². The fourth-order valence-electron chi connectivity index (χ4n) is 2.59. The smallest absolute Gasteiger partial charge is 0.240 e. The number of nitrogens with one attached hydrogen (secondary N) is 1. The molecule has 0 aliphatic carbocycles. The van der Waals surface area contributed by atoms with E-state index in [4.69, 9.17) is 0 Å². The number of fused-ring (bicyclic) bond motifs is 1. The minimum Gasteiger partial charge on any atom is -0.350 e. The number of aromatic nitrogens is 1. The molecule has 128 valence electrons. The lowest BCUT2D eigenvalue weighted by molar-refractivity contribution is -0.135. The van der Waals surface area contributed by atoms with Crippen LogP contribution in [0.1, 0.15) is 33.3 Å². The molecule has 0 aliphatic heterocycles. The number of amides is 2. The number of benzene rings is 1. The predicted octanol–water partition coefficient (Wildman–Crippen LogP) is 2.54. The van der Waals surface area contributed by atoms with Crippen LogP contribution in [0.5, 0.6) is 0 Å². The van der Waals surface area contributed by atoms with Gasteiger partial charge in [-0.2, -0.15) is 0 Å². The molecule has 2 aromatic rings. The van der Waals surface area contributed by atoms with Crippen LogP contribution in [0.3, 0.4) is 0 Å². The van der Waals surface area contributed by atoms with Gasteiger partial charge in [0.1, 0.15) is 0 Å². The highest BCUT2D eigenvalue weighted by Crippen LogP contribution is 2.17. The van der Waals surface area contributed by atoms with Gasteiger partial charge in [0.25, 0.3) is 0 Å². The van der Waals surface area contributed by atoms with Gasteiger partial charge in [-0.3, -0.25) is 14.6 Å². The molecule has 0 unspecified atom stereocenters. The van der Waals surface area contributed by atoms with Crippen LogP contribution < -0.4 is 5.32 Å². The van der Waals surface area contributed by atoms with E-state index in [9.17, 15) is 9.59 Å². The molecule has 0 aliphatic rings. The summed E-state index contributed by atoms with van der Waals surface area (Å²) in [6, 6.07) is 9.67. The average molecular weight is 327 g/mol. The van der Waals surface area contributed by atoms with Gasteiger partial charge in [-0.15, -0.1) is 0 Å². The lowest BCUT2D eigenvalue weighted by Crippen LogP contribution is -2.47. The lowest BCUT2D eigenvalue weighted by atomic mass is 10.1. The number of carbonyl (C=O) groups is 2. The molecule has 0 atom stereocenters. The normalized spacial score (nSPS) is 11.3. The first-order valence-corrected chi connectivity index (χ1v) is 8.21. The van der Waals surface area contributed by atoms with E-state index in [0.717, 1.165) is 16.5 Å². The van der Waals surface area contributed by atoms with E-state index in [0.29, 0.717) is 6.54 Å². The van der Waals surface area contributed by atoms with E-state index in [1.807, 2.05) is 58.0 Å². The van der Waals surface area contributed by atoms with Gasteiger partial charge in [0.2, 0.25) is 11.8 Å². The van der Waals surface area contributed by atoms with Crippen molar-refractivity contribution in [3.05, 3.63) is 42.1 Å². The average Bonchev–Trinajstić information content (AvgIpc) is 2.51. The molecule has 0 saturated carbocycles. The highest BCUT2D eigenvalue weighted by Gasteiger charge is 2.20. The molecular weight excluding hydrogens is 302 g/mol. The molecule has 0 radical (unpaired) electrons. The Morgan fingerprint density at radius 3 is 2.54 bits per heavy atom. The Bertz CT molecular complexity index is 729. The van der Waals surface area contributed by atoms with E-state index in [2.05, 4.69) is 10.3 Å². The second-order valence-electron chi connectivity index (χ2n) is 6.88. The molecule has 1 aromatic carbocycles. The molecule has 5 heteroatoms. The highest BCUT2D eigenvalue weighted by atomic mass is 16.2. The Kier molecular flexibility index (Phi) is 5.54. The molecule has 2 rings (SSSR count). The van der Waals surface area contributed by atoms with E-state index in [1.54, 1.807) is 11.1 Å². The second-order valence-corrected chi connectivity index (χ2v) is 6.88. The molecule has 0 spiro atoms. The molecule has 5 nitrogen and oxygen atoms in total. The standard InChI is InChI=1S/C19H25N3O2/c1-5-22(13-16(23)21-19(2,3)4)17(24)12-15-9-6-8-14-10-7-11-20-18(14)15/h6-11H,5,12-13H2,1-4H3,(H,21,23). The van der Waals surface area contributed by atoms with Gasteiger partial charge in [0, 0.05) is 23.7 Å². The SMILES string of the molecule is CCN(CC(=O)NC(C)(C)C)C(=O)Cc1cccc2cccnc12. The Hall–Kier alpha value is -2.43. The summed E-state index contributed by atoms with van der Waals surface area (Å²) in [6.07, 6.45) is 1.97. The van der Waals surface area contributed by atoms with Gasteiger partial charge in [-0.1, -0.05) is 24.3 Å². The minimum absolute atomic E-state index is 0.0697. The largest absolute Gasteiger partial charge is 0.350 e. The first-order chi connectivity index (χ1) is 11.3. The minimum atomic E-state index is -0.306. The van der Waals surface area contributed by atoms with Crippen LogP contribution in [-0.2, 0) is 16.0 Å². The summed E-state index contributed by atoms with van der Waals surface area (Å²) in [6.45, 7) is 8.21. The second kappa shape index (κ2) is 7.43. The van der Waals surface area contributed by atoms with Crippen LogP contribution in [0, 0.1) is 0 Å². The summed E-state index contributed by atoms with van der Waals surface area (Å²) >= 11 is 0. The van der Waals surface area contributed by atoms with Crippen LogP contribution >= 0.6 is 0 Å². The fraction of sp³-hybridized carbons (Fsp3) is 0.421. The molecule has 2 amide bonds. The molecular formula is C19H25N3O2. The van der Waals surface area contributed by atoms with E-state index in [-0.39, 0.29) is 30.3 Å². The van der Waals surface area contributed by atoms with Crippen LogP contribution in [0.25, 0.3) is 10.9 Å². The van der Waals surface area contributed by atoms with Crippen molar-refractivity contribution in [2.45, 2.75) is 39.7 Å². The number of likely N-dealkylation sites (N-methyl/N-ethyl adjacent to an activating group) is 1. The maximum absolute atomic E-state index is 12.6. The summed E-state index contributed by atoms with van der Waals surface area (Å²) in [5.41, 5.74) is 1.41. The van der Waals surface area contributed by atoms with Gasteiger partial charge in [0.15, 0.2) is 0 Å². The van der Waals surface area contributed by atoms with E-state index >= 15 is 0 Å². The first-order valence-electron chi connectivity index (χ1n) is 8.21. The summed E-state index contributed by atoms with van der Waals surface area (Å²) < 4.78 is 0. The summed E-state index contributed by atoms with van der Waals surface area (Å²) in [7, 11) is 0. The zero-order chi connectivity index (χ0) is 17.7. The third-order valence-electron chi connectivity index (χ3n) is 3.64. The summed E-state index contributed by atoms with van der Waals surface area (Å²) in [5.74, 6) is -0.214. The zero-order valence-electron chi connectivity index (χ0n) is 14.8. The van der Waals surface area contributed by atoms with Crippen molar-refractivity contribution in [3.63, 3.8) is 0 Å². The Labute approximate surface area is 143 Å². The first kappa shape index (κ1) is 17.9. The molecule has 0 fully saturated rings. The Morgan fingerprint density at radius 2 is 1.88 bits per heavy atom. The van der Waals surface area contributed by atoms with Crippen molar-refractivity contribution in [3.8, 4) is 0 Å². The number of pyridine rings is 1. The van der Waals surface area contributed by atoms with Crippen LogP contribution in [0.15, 0.2) is 36.5 Å². The zero-order valence-corrected chi connectivity index (χ0v) is 14.8. The quantitative estimate of drug-likeness (QED) is 0.918. The maximum Gasteiger partial charge on any atom is 0.240 e. The molecule has 1 N–H and O–H groups in total. The predicted molar refractivity (Wildman–Crippen MR) is 95.6 cm³/mol. The summed E-state index contributed by atoms with van der Waals surface area (Å²) in [5, 5.41) is 3.90. The van der Waals surface area contributed by atoms with Crippen molar-refractivity contribution in [1.29, 1.82) is 0 Å². The summed E-state index contributed by atoms with van der Waals surface area (Å²) in [4.78, 5) is 30.6.